The van der Waals surface area contributed by atoms with Crippen LogP contribution in [0, 0.1) is 0 Å². The molecule has 0 bridgehead atoms. The zero-order chi connectivity index (χ0) is 19.4. The normalized spacial score (nSPS) is 17.6. The minimum absolute atomic E-state index is 0.0276. The first-order chi connectivity index (χ1) is 12.9. The van der Waals surface area contributed by atoms with Gasteiger partial charge in [-0.1, -0.05) is 12.1 Å². The predicted octanol–water partition coefficient (Wildman–Crippen LogP) is 1.84. The van der Waals surface area contributed by atoms with E-state index in [4.69, 9.17) is 4.74 Å². The molecular formula is C19H23N3O4S. The number of benzene rings is 1. The molecule has 0 aliphatic carbocycles. The van der Waals surface area contributed by atoms with E-state index in [9.17, 15) is 13.2 Å². The minimum Gasteiger partial charge on any atom is -0.497 e. The molecule has 0 N–H and O–H groups in total. The second-order valence-corrected chi connectivity index (χ2v) is 8.73. The Balaban J connectivity index is 1.73. The van der Waals surface area contributed by atoms with Crippen LogP contribution in [0.4, 0.5) is 0 Å². The highest BCUT2D eigenvalue weighted by atomic mass is 32.2. The number of hydrogen-bond acceptors (Lipinski definition) is 6. The maximum absolute atomic E-state index is 12.7. The number of carbonyl (C=O) groups excluding carboxylic acids is 1. The van der Waals surface area contributed by atoms with Crippen LogP contribution in [0.3, 0.4) is 0 Å². The topological polar surface area (TPSA) is 89.5 Å². The van der Waals surface area contributed by atoms with Crippen LogP contribution < -0.4 is 4.74 Å². The summed E-state index contributed by atoms with van der Waals surface area (Å²) in [4.78, 5) is 22.7. The number of likely N-dealkylation sites (tertiary alicyclic amines) is 1. The van der Waals surface area contributed by atoms with Crippen molar-refractivity contribution in [2.45, 2.75) is 30.1 Å². The summed E-state index contributed by atoms with van der Waals surface area (Å²) in [7, 11) is -1.81. The van der Waals surface area contributed by atoms with Crippen molar-refractivity contribution in [2.24, 2.45) is 0 Å². The summed E-state index contributed by atoms with van der Waals surface area (Å²) in [5, 5.41) is 0. The Kier molecular flexibility index (Phi) is 5.74. The second kappa shape index (κ2) is 8.04. The molecule has 1 amide bonds. The molecule has 1 aromatic carbocycles. The van der Waals surface area contributed by atoms with Crippen molar-refractivity contribution in [1.29, 1.82) is 0 Å². The Labute approximate surface area is 159 Å². The van der Waals surface area contributed by atoms with Gasteiger partial charge in [0.25, 0.3) is 0 Å². The molecule has 1 aromatic heterocycles. The fraction of sp³-hybridized carbons (Fsp3) is 0.421. The van der Waals surface area contributed by atoms with Gasteiger partial charge < -0.3 is 9.64 Å². The van der Waals surface area contributed by atoms with E-state index in [2.05, 4.69) is 9.97 Å². The number of ether oxygens (including phenoxy) is 1. The number of aromatic nitrogens is 2. The minimum atomic E-state index is -3.42. The molecule has 0 radical (unpaired) electrons. The Hall–Kier alpha value is -2.48. The van der Waals surface area contributed by atoms with Crippen LogP contribution in [0.2, 0.25) is 0 Å². The third kappa shape index (κ3) is 4.63. The van der Waals surface area contributed by atoms with E-state index in [1.807, 2.05) is 24.3 Å². The molecular weight excluding hydrogens is 366 g/mol. The average molecular weight is 389 g/mol. The number of hydrogen-bond donors (Lipinski definition) is 0. The number of amides is 1. The molecule has 1 saturated heterocycles. The highest BCUT2D eigenvalue weighted by Crippen LogP contribution is 2.29. The number of carbonyl (C=O) groups is 1. The van der Waals surface area contributed by atoms with Gasteiger partial charge in [-0.25, -0.2) is 18.4 Å². The molecule has 1 aliphatic heterocycles. The van der Waals surface area contributed by atoms with Crippen LogP contribution >= 0.6 is 0 Å². The summed E-state index contributed by atoms with van der Waals surface area (Å²) in [5.41, 5.74) is 1.43. The van der Waals surface area contributed by atoms with Crippen molar-refractivity contribution in [3.63, 3.8) is 0 Å². The van der Waals surface area contributed by atoms with Crippen LogP contribution in [0.25, 0.3) is 0 Å². The number of piperidine rings is 1. The van der Waals surface area contributed by atoms with E-state index in [1.54, 1.807) is 12.0 Å². The lowest BCUT2D eigenvalue weighted by atomic mass is 9.94. The van der Waals surface area contributed by atoms with Crippen LogP contribution in [-0.4, -0.2) is 55.6 Å². The lowest BCUT2D eigenvalue weighted by Crippen LogP contribution is -2.40. The molecule has 3 rings (SSSR count). The monoisotopic (exact) mass is 389 g/mol. The van der Waals surface area contributed by atoms with Gasteiger partial charge >= 0.3 is 0 Å². The maximum Gasteiger partial charge on any atom is 0.227 e. The number of methoxy groups -OCH3 is 1. The molecule has 0 spiro atoms. The van der Waals surface area contributed by atoms with Crippen molar-refractivity contribution in [3.05, 3.63) is 48.0 Å². The van der Waals surface area contributed by atoms with Crippen molar-refractivity contribution in [2.75, 3.05) is 26.5 Å². The van der Waals surface area contributed by atoms with Gasteiger partial charge in [0.2, 0.25) is 5.91 Å². The first-order valence-corrected chi connectivity index (χ1v) is 10.7. The molecule has 7 nitrogen and oxygen atoms in total. The predicted molar refractivity (Wildman–Crippen MR) is 100 cm³/mol. The van der Waals surface area contributed by atoms with E-state index in [1.165, 1.54) is 12.5 Å². The lowest BCUT2D eigenvalue weighted by Gasteiger charge is -2.33. The standard InChI is InChI=1S/C19H23N3O4S/c1-26-16-7-5-14(6-8-16)10-18(23)22-9-3-4-15(12-22)19-17(27(2,24)25)11-20-13-21-19/h5-8,11,13,15H,3-4,9-10,12H2,1-2H3. The Morgan fingerprint density at radius 2 is 2.04 bits per heavy atom. The molecule has 0 saturated carbocycles. The molecule has 1 aliphatic rings. The number of nitrogens with zero attached hydrogens (tertiary/aromatic N) is 3. The largest absolute Gasteiger partial charge is 0.497 e. The number of rotatable bonds is 5. The highest BCUT2D eigenvalue weighted by Gasteiger charge is 2.29. The molecule has 27 heavy (non-hydrogen) atoms. The SMILES string of the molecule is COc1ccc(CC(=O)N2CCCC(c3ncncc3S(C)(=O)=O)C2)cc1. The summed E-state index contributed by atoms with van der Waals surface area (Å²) < 4.78 is 29.2. The smallest absolute Gasteiger partial charge is 0.227 e. The zero-order valence-corrected chi connectivity index (χ0v) is 16.3. The van der Waals surface area contributed by atoms with E-state index in [0.717, 1.165) is 30.4 Å². The fourth-order valence-electron chi connectivity index (χ4n) is 3.38. The van der Waals surface area contributed by atoms with E-state index in [0.29, 0.717) is 25.2 Å². The van der Waals surface area contributed by atoms with Crippen LogP contribution in [0.5, 0.6) is 5.75 Å². The van der Waals surface area contributed by atoms with Crippen LogP contribution in [0.1, 0.15) is 30.0 Å². The first-order valence-electron chi connectivity index (χ1n) is 8.79. The van der Waals surface area contributed by atoms with E-state index in [-0.39, 0.29) is 16.7 Å². The van der Waals surface area contributed by atoms with E-state index >= 15 is 0 Å². The third-order valence-corrected chi connectivity index (χ3v) is 5.90. The van der Waals surface area contributed by atoms with Crippen molar-refractivity contribution in [1.82, 2.24) is 14.9 Å². The van der Waals surface area contributed by atoms with Gasteiger partial charge in [0.1, 0.15) is 17.0 Å². The van der Waals surface area contributed by atoms with Crippen molar-refractivity contribution in [3.8, 4) is 5.75 Å². The lowest BCUT2D eigenvalue weighted by molar-refractivity contribution is -0.131. The maximum atomic E-state index is 12.7. The molecule has 144 valence electrons. The third-order valence-electron chi connectivity index (χ3n) is 4.78. The van der Waals surface area contributed by atoms with Gasteiger partial charge in [0.15, 0.2) is 9.84 Å². The van der Waals surface area contributed by atoms with E-state index < -0.39 is 9.84 Å². The summed E-state index contributed by atoms with van der Waals surface area (Å²) in [6.45, 7) is 1.14. The number of sulfone groups is 1. The Morgan fingerprint density at radius 3 is 2.70 bits per heavy atom. The van der Waals surface area contributed by atoms with Crippen LogP contribution in [0.15, 0.2) is 41.7 Å². The van der Waals surface area contributed by atoms with Gasteiger partial charge in [0, 0.05) is 31.5 Å². The molecule has 1 fully saturated rings. The van der Waals surface area contributed by atoms with Crippen LogP contribution in [-0.2, 0) is 21.1 Å². The van der Waals surface area contributed by atoms with Gasteiger partial charge in [-0.2, -0.15) is 0 Å². The van der Waals surface area contributed by atoms with Crippen molar-refractivity contribution < 1.29 is 17.9 Å². The fourth-order valence-corrected chi connectivity index (χ4v) is 4.23. The zero-order valence-electron chi connectivity index (χ0n) is 15.5. The summed E-state index contributed by atoms with van der Waals surface area (Å²) >= 11 is 0. The summed E-state index contributed by atoms with van der Waals surface area (Å²) in [6.07, 6.45) is 5.78. The van der Waals surface area contributed by atoms with Crippen molar-refractivity contribution >= 4 is 15.7 Å². The highest BCUT2D eigenvalue weighted by molar-refractivity contribution is 7.90. The molecule has 2 heterocycles. The summed E-state index contributed by atoms with van der Waals surface area (Å²) in [6, 6.07) is 7.43. The molecule has 8 heteroatoms. The second-order valence-electron chi connectivity index (χ2n) is 6.75. The van der Waals surface area contributed by atoms with Gasteiger partial charge in [-0.3, -0.25) is 4.79 Å². The molecule has 1 unspecified atom stereocenters. The summed E-state index contributed by atoms with van der Waals surface area (Å²) in [5.74, 6) is 0.674. The molecule has 1 atom stereocenters. The van der Waals surface area contributed by atoms with Gasteiger partial charge in [-0.05, 0) is 30.5 Å². The average Bonchev–Trinajstić information content (AvgIpc) is 2.68. The van der Waals surface area contributed by atoms with Gasteiger partial charge in [-0.15, -0.1) is 0 Å². The Morgan fingerprint density at radius 1 is 1.30 bits per heavy atom. The first kappa shape index (κ1) is 19.3. The molecule has 2 aromatic rings. The van der Waals surface area contributed by atoms with Gasteiger partial charge in [0.05, 0.1) is 19.2 Å². The Bertz CT molecular complexity index is 913. The quantitative estimate of drug-likeness (QED) is 0.775.